The average molecular weight is 476 g/mol. The minimum Gasteiger partial charge on any atom is -0.352 e. The zero-order chi connectivity index (χ0) is 23.6. The molecule has 3 heterocycles. The number of hydrogen-bond donors (Lipinski definition) is 0. The number of sulfonamides is 1. The minimum atomic E-state index is -3.45. The number of nitrogens with zero attached hydrogens (tertiary/aromatic N) is 7. The summed E-state index contributed by atoms with van der Waals surface area (Å²) in [6, 6.07) is 6.27. The highest BCUT2D eigenvalue weighted by Gasteiger charge is 2.36. The second-order valence-corrected chi connectivity index (χ2v) is 10.6. The molecule has 1 aromatic heterocycles. The van der Waals surface area contributed by atoms with Gasteiger partial charge in [-0.2, -0.15) is 0 Å². The Labute approximate surface area is 194 Å². The highest BCUT2D eigenvalue weighted by Crippen LogP contribution is 2.27. The van der Waals surface area contributed by atoms with E-state index < -0.39 is 15.4 Å². The summed E-state index contributed by atoms with van der Waals surface area (Å²) < 4.78 is 40.6. The van der Waals surface area contributed by atoms with Crippen LogP contribution < -0.4 is 4.90 Å². The maximum atomic E-state index is 13.3. The number of likely N-dealkylation sites (N-methyl/N-ethyl adjacent to an activating group) is 2. The van der Waals surface area contributed by atoms with Gasteiger partial charge in [-0.15, -0.1) is 0 Å². The molecule has 0 radical (unpaired) electrons. The smallest absolute Gasteiger partial charge is 0.237 e. The van der Waals surface area contributed by atoms with E-state index in [4.69, 9.17) is 0 Å². The van der Waals surface area contributed by atoms with Crippen molar-refractivity contribution in [2.75, 3.05) is 64.8 Å². The quantitative estimate of drug-likeness (QED) is 0.598. The van der Waals surface area contributed by atoms with E-state index in [0.717, 1.165) is 49.1 Å². The van der Waals surface area contributed by atoms with Crippen LogP contribution in [0.25, 0.3) is 11.3 Å². The van der Waals surface area contributed by atoms with Crippen LogP contribution in [0.4, 0.5) is 10.2 Å². The van der Waals surface area contributed by atoms with Crippen molar-refractivity contribution in [2.24, 2.45) is 4.99 Å². The first kappa shape index (κ1) is 23.5. The van der Waals surface area contributed by atoms with Gasteiger partial charge in [-0.25, -0.2) is 22.1 Å². The Kier molecular flexibility index (Phi) is 6.91. The lowest BCUT2D eigenvalue weighted by molar-refractivity contribution is 0.242. The Morgan fingerprint density at radius 2 is 1.76 bits per heavy atom. The number of piperazine rings is 1. The molecule has 0 spiro atoms. The number of amidine groups is 1. The zero-order valence-electron chi connectivity index (χ0n) is 19.2. The van der Waals surface area contributed by atoms with E-state index in [-0.39, 0.29) is 12.4 Å². The van der Waals surface area contributed by atoms with Gasteiger partial charge in [0.15, 0.2) is 11.2 Å². The maximum absolute atomic E-state index is 13.3. The van der Waals surface area contributed by atoms with Crippen LogP contribution in [-0.2, 0) is 10.0 Å². The summed E-state index contributed by atoms with van der Waals surface area (Å²) in [5.41, 5.74) is 1.56. The standard InChI is InChI=1S/C22H30FN7O2S/c1-17-26-16-20(28(17)3)33(31,32)27(2)10-11-29-12-14-30(15-13-29)22-21(24-8-9-25-22)18-4-6-19(23)7-5-18/h4-9,20H,10-16H2,1-3H3. The van der Waals surface area contributed by atoms with E-state index in [2.05, 4.69) is 24.8 Å². The van der Waals surface area contributed by atoms with Crippen molar-refractivity contribution in [1.29, 1.82) is 0 Å². The van der Waals surface area contributed by atoms with Crippen LogP contribution in [0.15, 0.2) is 41.7 Å². The van der Waals surface area contributed by atoms with E-state index in [0.29, 0.717) is 13.1 Å². The molecule has 2 aromatic rings. The fraction of sp³-hybridized carbons (Fsp3) is 0.500. The van der Waals surface area contributed by atoms with E-state index in [9.17, 15) is 12.8 Å². The average Bonchev–Trinajstić information content (AvgIpc) is 3.17. The van der Waals surface area contributed by atoms with Crippen molar-refractivity contribution in [3.8, 4) is 11.3 Å². The number of anilines is 1. The first-order chi connectivity index (χ1) is 15.8. The molecule has 0 aliphatic carbocycles. The summed E-state index contributed by atoms with van der Waals surface area (Å²) >= 11 is 0. The van der Waals surface area contributed by atoms with Gasteiger partial charge in [0, 0.05) is 71.3 Å². The molecule has 0 bridgehead atoms. The van der Waals surface area contributed by atoms with Gasteiger partial charge in [0.1, 0.15) is 11.5 Å². The van der Waals surface area contributed by atoms with Gasteiger partial charge in [-0.3, -0.25) is 14.9 Å². The lowest BCUT2D eigenvalue weighted by atomic mass is 10.1. The van der Waals surface area contributed by atoms with Gasteiger partial charge in [0.2, 0.25) is 10.0 Å². The van der Waals surface area contributed by atoms with Gasteiger partial charge in [0.25, 0.3) is 0 Å². The molecule has 1 saturated heterocycles. The van der Waals surface area contributed by atoms with Crippen molar-refractivity contribution in [3.63, 3.8) is 0 Å². The number of rotatable bonds is 7. The predicted octanol–water partition coefficient (Wildman–Crippen LogP) is 1.36. The molecule has 9 nitrogen and oxygen atoms in total. The van der Waals surface area contributed by atoms with Gasteiger partial charge in [-0.05, 0) is 31.2 Å². The van der Waals surface area contributed by atoms with E-state index in [1.165, 1.54) is 16.4 Å². The Morgan fingerprint density at radius 3 is 2.39 bits per heavy atom. The maximum Gasteiger partial charge on any atom is 0.237 e. The number of hydrogen-bond acceptors (Lipinski definition) is 8. The van der Waals surface area contributed by atoms with Crippen molar-refractivity contribution in [2.45, 2.75) is 12.3 Å². The van der Waals surface area contributed by atoms with Crippen LogP contribution in [0.2, 0.25) is 0 Å². The summed E-state index contributed by atoms with van der Waals surface area (Å²) in [5.74, 6) is 1.24. The Hall–Kier alpha value is -2.63. The monoisotopic (exact) mass is 475 g/mol. The summed E-state index contributed by atoms with van der Waals surface area (Å²) in [6.07, 6.45) is 3.31. The largest absolute Gasteiger partial charge is 0.352 e. The molecule has 33 heavy (non-hydrogen) atoms. The molecule has 11 heteroatoms. The molecule has 0 N–H and O–H groups in total. The van der Waals surface area contributed by atoms with Crippen molar-refractivity contribution >= 4 is 21.7 Å². The van der Waals surface area contributed by atoms with Crippen molar-refractivity contribution in [3.05, 3.63) is 42.5 Å². The van der Waals surface area contributed by atoms with Gasteiger partial charge < -0.3 is 9.80 Å². The minimum absolute atomic E-state index is 0.280. The molecule has 1 aromatic carbocycles. The van der Waals surface area contributed by atoms with E-state index in [1.807, 2.05) is 6.92 Å². The fourth-order valence-electron chi connectivity index (χ4n) is 4.12. The third-order valence-electron chi connectivity index (χ3n) is 6.40. The summed E-state index contributed by atoms with van der Waals surface area (Å²) in [4.78, 5) is 19.4. The zero-order valence-corrected chi connectivity index (χ0v) is 20.0. The topological polar surface area (TPSA) is 85.2 Å². The number of aromatic nitrogens is 2. The number of halogens is 1. The molecule has 178 valence electrons. The van der Waals surface area contributed by atoms with Crippen LogP contribution in [0, 0.1) is 5.82 Å². The Bertz CT molecular complexity index is 1100. The normalized spacial score (nSPS) is 19.9. The van der Waals surface area contributed by atoms with Crippen LogP contribution in [0.3, 0.4) is 0 Å². The lowest BCUT2D eigenvalue weighted by Crippen LogP contribution is -2.50. The SMILES string of the molecule is CC1=NCC(S(=O)(=O)N(C)CCN2CCN(c3nccnc3-c3ccc(F)cc3)CC2)N1C. The fourth-order valence-corrected chi connectivity index (χ4v) is 5.69. The molecule has 2 aliphatic rings. The number of aliphatic imine (C=N–C) groups is 1. The Morgan fingerprint density at radius 1 is 1.09 bits per heavy atom. The second kappa shape index (κ2) is 9.70. The predicted molar refractivity (Wildman–Crippen MR) is 127 cm³/mol. The molecule has 1 atom stereocenters. The lowest BCUT2D eigenvalue weighted by Gasteiger charge is -2.36. The molecule has 0 amide bonds. The molecule has 1 unspecified atom stereocenters. The van der Waals surface area contributed by atoms with Crippen molar-refractivity contribution in [1.82, 2.24) is 24.1 Å². The van der Waals surface area contributed by atoms with Crippen LogP contribution >= 0.6 is 0 Å². The Balaban J connectivity index is 1.33. The third kappa shape index (κ3) is 4.99. The highest BCUT2D eigenvalue weighted by molar-refractivity contribution is 7.89. The van der Waals surface area contributed by atoms with E-state index in [1.54, 1.807) is 43.5 Å². The summed E-state index contributed by atoms with van der Waals surface area (Å²) in [7, 11) is -0.0400. The highest BCUT2D eigenvalue weighted by atomic mass is 32.2. The van der Waals surface area contributed by atoms with Crippen LogP contribution in [0.5, 0.6) is 0 Å². The number of benzene rings is 1. The molecular weight excluding hydrogens is 445 g/mol. The van der Waals surface area contributed by atoms with Crippen molar-refractivity contribution < 1.29 is 12.8 Å². The third-order valence-corrected chi connectivity index (χ3v) is 8.60. The first-order valence-corrected chi connectivity index (χ1v) is 12.5. The van der Waals surface area contributed by atoms with Gasteiger partial charge >= 0.3 is 0 Å². The van der Waals surface area contributed by atoms with E-state index >= 15 is 0 Å². The van der Waals surface area contributed by atoms with Crippen LogP contribution in [-0.4, -0.2) is 104 Å². The van der Waals surface area contributed by atoms with Gasteiger partial charge in [-0.1, -0.05) is 0 Å². The molecule has 4 rings (SSSR count). The molecular formula is C22H30FN7O2S. The first-order valence-electron chi connectivity index (χ1n) is 11.0. The van der Waals surface area contributed by atoms with Crippen LogP contribution in [0.1, 0.15) is 6.92 Å². The molecule has 0 saturated carbocycles. The molecule has 1 fully saturated rings. The second-order valence-electron chi connectivity index (χ2n) is 8.38. The summed E-state index contributed by atoms with van der Waals surface area (Å²) in [5, 5.41) is -0.624. The molecule has 2 aliphatic heterocycles. The summed E-state index contributed by atoms with van der Waals surface area (Å²) in [6.45, 7) is 6.28. The van der Waals surface area contributed by atoms with Gasteiger partial charge in [0.05, 0.1) is 12.4 Å².